The molecule has 0 heterocycles. The topological polar surface area (TPSA) is 81.7 Å². The number of hydrogen-bond acceptors (Lipinski definition) is 5. The average Bonchev–Trinajstić information content (AvgIpc) is 2.68. The van der Waals surface area contributed by atoms with E-state index in [9.17, 15) is 14.4 Å². The van der Waals surface area contributed by atoms with Gasteiger partial charge in [0.25, 0.3) is 5.91 Å². The molecule has 0 unspecified atom stereocenters. The molecule has 0 spiro atoms. The van der Waals surface area contributed by atoms with Crippen LogP contribution in [-0.2, 0) is 19.1 Å². The molecule has 1 N–H and O–H groups in total. The van der Waals surface area contributed by atoms with Gasteiger partial charge in [-0.15, -0.1) is 0 Å². The van der Waals surface area contributed by atoms with Crippen molar-refractivity contribution in [1.29, 1.82) is 0 Å². The van der Waals surface area contributed by atoms with Crippen molar-refractivity contribution in [3.63, 3.8) is 0 Å². The Bertz CT molecular complexity index is 796. The van der Waals surface area contributed by atoms with Crippen LogP contribution in [0.5, 0.6) is 0 Å². The number of amides is 1. The van der Waals surface area contributed by atoms with Gasteiger partial charge >= 0.3 is 11.9 Å². The van der Waals surface area contributed by atoms with Gasteiger partial charge in [-0.05, 0) is 22.8 Å². The summed E-state index contributed by atoms with van der Waals surface area (Å²) in [6, 6.07) is 12.0. The summed E-state index contributed by atoms with van der Waals surface area (Å²) in [6.45, 7) is 3.28. The molecule has 0 aromatic heterocycles. The molecule has 0 bridgehead atoms. The van der Waals surface area contributed by atoms with Crippen LogP contribution in [0.1, 0.15) is 30.6 Å². The summed E-state index contributed by atoms with van der Waals surface area (Å²) in [7, 11) is 1.27. The number of fused-ring (bicyclic) bond motifs is 1. The van der Waals surface area contributed by atoms with Crippen molar-refractivity contribution in [2.45, 2.75) is 26.3 Å². The molecular formula is C20H23NO5. The minimum Gasteiger partial charge on any atom is -0.467 e. The maximum atomic E-state index is 12.3. The Labute approximate surface area is 152 Å². The number of esters is 2. The number of methoxy groups -OCH3 is 1. The molecule has 2 aromatic rings. The smallest absolute Gasteiger partial charge is 0.339 e. The first kappa shape index (κ1) is 19.4. The molecule has 0 aliphatic carbocycles. The molecule has 26 heavy (non-hydrogen) atoms. The molecular weight excluding hydrogens is 334 g/mol. The summed E-state index contributed by atoms with van der Waals surface area (Å²) in [5.74, 6) is -1.75. The van der Waals surface area contributed by atoms with Crippen molar-refractivity contribution in [1.82, 2.24) is 5.32 Å². The van der Waals surface area contributed by atoms with Crippen molar-refractivity contribution in [3.8, 4) is 0 Å². The van der Waals surface area contributed by atoms with Crippen molar-refractivity contribution < 1.29 is 23.9 Å². The van der Waals surface area contributed by atoms with E-state index in [-0.39, 0.29) is 5.92 Å². The van der Waals surface area contributed by atoms with Crippen molar-refractivity contribution in [3.05, 3.63) is 48.0 Å². The molecule has 2 atom stereocenters. The zero-order valence-corrected chi connectivity index (χ0v) is 15.2. The van der Waals surface area contributed by atoms with E-state index < -0.39 is 30.5 Å². The largest absolute Gasteiger partial charge is 0.467 e. The third-order valence-electron chi connectivity index (χ3n) is 4.33. The molecule has 0 aliphatic heterocycles. The molecule has 2 aromatic carbocycles. The maximum Gasteiger partial charge on any atom is 0.339 e. The van der Waals surface area contributed by atoms with Gasteiger partial charge in [0.1, 0.15) is 6.04 Å². The maximum absolute atomic E-state index is 12.3. The quantitative estimate of drug-likeness (QED) is 0.771. The molecule has 0 saturated heterocycles. The van der Waals surface area contributed by atoms with E-state index in [2.05, 4.69) is 5.32 Å². The first-order chi connectivity index (χ1) is 12.5. The lowest BCUT2D eigenvalue weighted by Gasteiger charge is -2.21. The molecule has 0 radical (unpaired) electrons. The van der Waals surface area contributed by atoms with E-state index in [0.717, 1.165) is 10.8 Å². The fraction of sp³-hybridized carbons (Fsp3) is 0.350. The lowest BCUT2D eigenvalue weighted by Crippen LogP contribution is -2.47. The molecule has 6 nitrogen and oxygen atoms in total. The number of nitrogens with one attached hydrogen (secondary N) is 1. The van der Waals surface area contributed by atoms with Gasteiger partial charge in [-0.3, -0.25) is 4.79 Å². The first-order valence-electron chi connectivity index (χ1n) is 8.50. The van der Waals surface area contributed by atoms with Crippen LogP contribution in [0, 0.1) is 5.92 Å². The SMILES string of the molecule is CC[C@H](C)[C@H](NC(=O)COC(=O)c1cccc2ccccc12)C(=O)OC. The monoisotopic (exact) mass is 357 g/mol. The summed E-state index contributed by atoms with van der Waals surface area (Å²) >= 11 is 0. The van der Waals surface area contributed by atoms with Crippen LogP contribution in [-0.4, -0.2) is 37.6 Å². The van der Waals surface area contributed by atoms with Gasteiger partial charge in [0.2, 0.25) is 0 Å². The van der Waals surface area contributed by atoms with E-state index in [0.29, 0.717) is 12.0 Å². The van der Waals surface area contributed by atoms with Crippen LogP contribution in [0.15, 0.2) is 42.5 Å². The highest BCUT2D eigenvalue weighted by molar-refractivity contribution is 6.05. The van der Waals surface area contributed by atoms with Gasteiger partial charge in [-0.1, -0.05) is 56.7 Å². The molecule has 0 saturated carbocycles. The van der Waals surface area contributed by atoms with Crippen molar-refractivity contribution in [2.75, 3.05) is 13.7 Å². The summed E-state index contributed by atoms with van der Waals surface area (Å²) in [5.41, 5.74) is 0.391. The highest BCUT2D eigenvalue weighted by atomic mass is 16.5. The Kier molecular flexibility index (Phi) is 6.72. The van der Waals surface area contributed by atoms with E-state index in [4.69, 9.17) is 9.47 Å². The van der Waals surface area contributed by atoms with Gasteiger partial charge in [-0.2, -0.15) is 0 Å². The van der Waals surface area contributed by atoms with Gasteiger partial charge in [0.15, 0.2) is 6.61 Å². The summed E-state index contributed by atoms with van der Waals surface area (Å²) < 4.78 is 9.84. The summed E-state index contributed by atoms with van der Waals surface area (Å²) in [5, 5.41) is 4.24. The highest BCUT2D eigenvalue weighted by Gasteiger charge is 2.27. The van der Waals surface area contributed by atoms with E-state index >= 15 is 0 Å². The second-order valence-corrected chi connectivity index (χ2v) is 6.06. The predicted molar refractivity (Wildman–Crippen MR) is 97.6 cm³/mol. The zero-order chi connectivity index (χ0) is 19.1. The number of carbonyl (C=O) groups is 3. The third kappa shape index (κ3) is 4.59. The van der Waals surface area contributed by atoms with Crippen molar-refractivity contribution in [2.24, 2.45) is 5.92 Å². The molecule has 6 heteroatoms. The number of hydrogen-bond donors (Lipinski definition) is 1. The lowest BCUT2D eigenvalue weighted by molar-refractivity contribution is -0.147. The van der Waals surface area contributed by atoms with Gasteiger partial charge in [-0.25, -0.2) is 9.59 Å². The van der Waals surface area contributed by atoms with E-state index in [1.54, 1.807) is 12.1 Å². The average molecular weight is 357 g/mol. The minimum absolute atomic E-state index is 0.0971. The van der Waals surface area contributed by atoms with Crippen LogP contribution in [0.25, 0.3) is 10.8 Å². The van der Waals surface area contributed by atoms with Gasteiger partial charge in [0.05, 0.1) is 12.7 Å². The molecule has 2 rings (SSSR count). The fourth-order valence-electron chi connectivity index (χ4n) is 2.62. The van der Waals surface area contributed by atoms with Crippen molar-refractivity contribution >= 4 is 28.6 Å². The Hall–Kier alpha value is -2.89. The van der Waals surface area contributed by atoms with Gasteiger partial charge in [0, 0.05) is 0 Å². The van der Waals surface area contributed by atoms with E-state index in [1.807, 2.05) is 44.2 Å². The Morgan fingerprint density at radius 2 is 1.77 bits per heavy atom. The molecule has 1 amide bonds. The van der Waals surface area contributed by atoms with Crippen LogP contribution in [0.3, 0.4) is 0 Å². The number of benzene rings is 2. The van der Waals surface area contributed by atoms with Gasteiger partial charge < -0.3 is 14.8 Å². The number of ether oxygens (including phenoxy) is 2. The van der Waals surface area contributed by atoms with Crippen LogP contribution < -0.4 is 5.32 Å². The van der Waals surface area contributed by atoms with Crippen LogP contribution in [0.2, 0.25) is 0 Å². The Morgan fingerprint density at radius 1 is 1.08 bits per heavy atom. The second kappa shape index (κ2) is 8.99. The highest BCUT2D eigenvalue weighted by Crippen LogP contribution is 2.19. The standard InChI is InChI=1S/C20H23NO5/c1-4-13(2)18(20(24)25-3)21-17(22)12-26-19(23)16-11-7-9-14-8-5-6-10-15(14)16/h5-11,13,18H,4,12H2,1-3H3,(H,21,22)/t13-,18-/m0/s1. The normalized spacial score (nSPS) is 12.9. The Balaban J connectivity index is 2.02. The lowest BCUT2D eigenvalue weighted by atomic mass is 9.99. The third-order valence-corrected chi connectivity index (χ3v) is 4.33. The number of rotatable bonds is 7. The summed E-state index contributed by atoms with van der Waals surface area (Å²) in [4.78, 5) is 36.2. The summed E-state index contributed by atoms with van der Waals surface area (Å²) in [6.07, 6.45) is 0.690. The second-order valence-electron chi connectivity index (χ2n) is 6.06. The minimum atomic E-state index is -0.770. The predicted octanol–water partition coefficient (Wildman–Crippen LogP) is 2.70. The van der Waals surface area contributed by atoms with Crippen LogP contribution >= 0.6 is 0 Å². The number of carbonyl (C=O) groups excluding carboxylic acids is 3. The van der Waals surface area contributed by atoms with Crippen LogP contribution in [0.4, 0.5) is 0 Å². The molecule has 0 aliphatic rings. The molecule has 138 valence electrons. The van der Waals surface area contributed by atoms with E-state index in [1.165, 1.54) is 7.11 Å². The first-order valence-corrected chi connectivity index (χ1v) is 8.50. The zero-order valence-electron chi connectivity index (χ0n) is 15.2. The Morgan fingerprint density at radius 3 is 2.46 bits per heavy atom. The fourth-order valence-corrected chi connectivity index (χ4v) is 2.62. The molecule has 0 fully saturated rings.